The minimum absolute atomic E-state index is 0.00641. The number of thiophene rings is 1. The lowest BCUT2D eigenvalue weighted by Crippen LogP contribution is -2.35. The maximum Gasteiger partial charge on any atom is 0.345 e. The van der Waals surface area contributed by atoms with Gasteiger partial charge in [0.05, 0.1) is 10.4 Å². The van der Waals surface area contributed by atoms with Gasteiger partial charge in [0.2, 0.25) is 10.0 Å². The number of hydrogen-bond donors (Lipinski definition) is 1. The van der Waals surface area contributed by atoms with Crippen LogP contribution >= 0.6 is 27.3 Å². The summed E-state index contributed by atoms with van der Waals surface area (Å²) in [6.07, 6.45) is 2.45. The van der Waals surface area contributed by atoms with Gasteiger partial charge in [-0.3, -0.25) is 0 Å². The van der Waals surface area contributed by atoms with Crippen LogP contribution in [0.2, 0.25) is 0 Å². The Morgan fingerprint density at radius 2 is 2.29 bits per heavy atom. The summed E-state index contributed by atoms with van der Waals surface area (Å²) in [4.78, 5) is 10.9. The summed E-state index contributed by atoms with van der Waals surface area (Å²) in [7, 11) is -2.10. The molecule has 0 fully saturated rings. The molecule has 0 amide bonds. The molecular formula is C12H14BrNO5S2. The fourth-order valence-electron chi connectivity index (χ4n) is 2.00. The molecule has 0 bridgehead atoms. The molecule has 9 heteroatoms. The number of ether oxygens (including phenoxy) is 1. The van der Waals surface area contributed by atoms with Crippen molar-refractivity contribution in [2.45, 2.75) is 11.3 Å². The Morgan fingerprint density at radius 1 is 1.57 bits per heavy atom. The van der Waals surface area contributed by atoms with Crippen molar-refractivity contribution in [3.8, 4) is 0 Å². The summed E-state index contributed by atoms with van der Waals surface area (Å²) < 4.78 is 31.8. The van der Waals surface area contributed by atoms with Crippen LogP contribution in [0.1, 0.15) is 16.1 Å². The third-order valence-electron chi connectivity index (χ3n) is 3.08. The monoisotopic (exact) mass is 395 g/mol. The molecular weight excluding hydrogens is 382 g/mol. The van der Waals surface area contributed by atoms with Crippen molar-refractivity contribution in [1.82, 2.24) is 4.31 Å². The van der Waals surface area contributed by atoms with Gasteiger partial charge >= 0.3 is 5.97 Å². The molecule has 21 heavy (non-hydrogen) atoms. The Kier molecular flexibility index (Phi) is 5.20. The SMILES string of the molecule is COCC1=CCN(S(=O)(=O)c2cc(C(=O)O)sc2Br)CC1. The molecule has 0 atom stereocenters. The second-order valence-corrected chi connectivity index (χ2v) is 8.74. The highest BCUT2D eigenvalue weighted by atomic mass is 79.9. The normalized spacial score (nSPS) is 16.8. The Hall–Kier alpha value is -0.740. The standard InChI is InChI=1S/C12H14BrNO5S2/c1-19-7-8-2-4-14(5-3-8)21(17,18)10-6-9(12(15)16)20-11(10)13/h2,6H,3-5,7H2,1H3,(H,15,16). The number of halogens is 1. The quantitative estimate of drug-likeness (QED) is 0.772. The van der Waals surface area contributed by atoms with E-state index < -0.39 is 16.0 Å². The maximum absolute atomic E-state index is 12.6. The van der Waals surface area contributed by atoms with E-state index in [9.17, 15) is 13.2 Å². The van der Waals surface area contributed by atoms with Gasteiger partial charge in [-0.15, -0.1) is 11.3 Å². The second-order valence-electron chi connectivity index (χ2n) is 4.46. The lowest BCUT2D eigenvalue weighted by Gasteiger charge is -2.25. The largest absolute Gasteiger partial charge is 0.477 e. The van der Waals surface area contributed by atoms with E-state index in [0.717, 1.165) is 16.9 Å². The van der Waals surface area contributed by atoms with E-state index in [1.807, 2.05) is 6.08 Å². The van der Waals surface area contributed by atoms with Crippen LogP contribution in [0.15, 0.2) is 26.4 Å². The van der Waals surface area contributed by atoms with Gasteiger partial charge in [-0.1, -0.05) is 6.08 Å². The van der Waals surface area contributed by atoms with E-state index in [1.165, 1.54) is 10.4 Å². The van der Waals surface area contributed by atoms with Gasteiger partial charge in [-0.25, -0.2) is 13.2 Å². The number of hydrogen-bond acceptors (Lipinski definition) is 5. The molecule has 116 valence electrons. The average Bonchev–Trinajstić information content (AvgIpc) is 2.83. The van der Waals surface area contributed by atoms with Crippen molar-refractivity contribution in [2.24, 2.45) is 0 Å². The minimum atomic E-state index is -3.70. The lowest BCUT2D eigenvalue weighted by molar-refractivity contribution is 0.0702. The van der Waals surface area contributed by atoms with E-state index in [4.69, 9.17) is 9.84 Å². The predicted octanol–water partition coefficient (Wildman–Crippen LogP) is 2.18. The molecule has 0 saturated carbocycles. The van der Waals surface area contributed by atoms with Crippen molar-refractivity contribution in [2.75, 3.05) is 26.8 Å². The van der Waals surface area contributed by atoms with E-state index in [1.54, 1.807) is 7.11 Å². The average molecular weight is 396 g/mol. The Labute approximate surface area is 135 Å². The van der Waals surface area contributed by atoms with E-state index in [-0.39, 0.29) is 16.3 Å². The summed E-state index contributed by atoms with van der Waals surface area (Å²) in [5.41, 5.74) is 1.07. The molecule has 0 aromatic carbocycles. The van der Waals surface area contributed by atoms with Gasteiger partial charge in [0, 0.05) is 20.2 Å². The predicted molar refractivity (Wildman–Crippen MR) is 82.3 cm³/mol. The Bertz CT molecular complexity index is 680. The van der Waals surface area contributed by atoms with Crippen LogP contribution in [0.5, 0.6) is 0 Å². The Morgan fingerprint density at radius 3 is 2.76 bits per heavy atom. The van der Waals surface area contributed by atoms with E-state index in [0.29, 0.717) is 23.4 Å². The van der Waals surface area contributed by atoms with Crippen LogP contribution < -0.4 is 0 Å². The Balaban J connectivity index is 2.25. The summed E-state index contributed by atoms with van der Waals surface area (Å²) in [6.45, 7) is 1.13. The first-order chi connectivity index (χ1) is 9.86. The van der Waals surface area contributed by atoms with Crippen LogP contribution in [-0.2, 0) is 14.8 Å². The van der Waals surface area contributed by atoms with Gasteiger partial charge in [-0.05, 0) is 34.0 Å². The molecule has 1 aliphatic rings. The van der Waals surface area contributed by atoms with Crippen molar-refractivity contribution in [3.63, 3.8) is 0 Å². The summed E-state index contributed by atoms with van der Waals surface area (Å²) >= 11 is 4.04. The van der Waals surface area contributed by atoms with Crippen LogP contribution in [0, 0.1) is 0 Å². The zero-order valence-electron chi connectivity index (χ0n) is 11.2. The molecule has 0 unspecified atom stereocenters. The molecule has 0 saturated heterocycles. The molecule has 6 nitrogen and oxygen atoms in total. The molecule has 0 aliphatic carbocycles. The number of carboxylic acid groups (broad SMARTS) is 1. The van der Waals surface area contributed by atoms with E-state index in [2.05, 4.69) is 15.9 Å². The molecule has 1 aromatic heterocycles. The zero-order chi connectivity index (χ0) is 15.6. The van der Waals surface area contributed by atoms with Gasteiger partial charge < -0.3 is 9.84 Å². The molecule has 1 aromatic rings. The third kappa shape index (κ3) is 3.54. The minimum Gasteiger partial charge on any atom is -0.477 e. The van der Waals surface area contributed by atoms with Gasteiger partial charge in [0.1, 0.15) is 9.77 Å². The summed E-state index contributed by atoms with van der Waals surface area (Å²) in [6, 6.07) is 1.20. The number of nitrogens with zero attached hydrogens (tertiary/aromatic N) is 1. The number of sulfonamides is 1. The molecule has 1 aliphatic heterocycles. The topological polar surface area (TPSA) is 83.9 Å². The third-order valence-corrected chi connectivity index (χ3v) is 7.18. The van der Waals surface area contributed by atoms with Crippen LogP contribution in [0.3, 0.4) is 0 Å². The highest BCUT2D eigenvalue weighted by Gasteiger charge is 2.30. The van der Waals surface area contributed by atoms with E-state index >= 15 is 0 Å². The van der Waals surface area contributed by atoms with Gasteiger partial charge in [0.15, 0.2) is 0 Å². The molecule has 2 heterocycles. The van der Waals surface area contributed by atoms with Crippen molar-refractivity contribution in [3.05, 3.63) is 26.4 Å². The second kappa shape index (κ2) is 6.57. The number of carbonyl (C=O) groups is 1. The fraction of sp³-hybridized carbons (Fsp3) is 0.417. The summed E-state index contributed by atoms with van der Waals surface area (Å²) in [5, 5.41) is 8.95. The number of rotatable bonds is 5. The van der Waals surface area contributed by atoms with Gasteiger partial charge in [0.25, 0.3) is 0 Å². The van der Waals surface area contributed by atoms with Crippen molar-refractivity contribution in [1.29, 1.82) is 0 Å². The van der Waals surface area contributed by atoms with Crippen LogP contribution in [-0.4, -0.2) is 50.6 Å². The molecule has 2 rings (SSSR count). The molecule has 1 N–H and O–H groups in total. The first-order valence-electron chi connectivity index (χ1n) is 6.06. The first kappa shape index (κ1) is 16.6. The lowest BCUT2D eigenvalue weighted by atomic mass is 10.1. The molecule has 0 spiro atoms. The highest BCUT2D eigenvalue weighted by molar-refractivity contribution is 9.11. The van der Waals surface area contributed by atoms with Gasteiger partial charge in [-0.2, -0.15) is 4.31 Å². The zero-order valence-corrected chi connectivity index (χ0v) is 14.4. The number of methoxy groups -OCH3 is 1. The highest BCUT2D eigenvalue weighted by Crippen LogP contribution is 2.34. The maximum atomic E-state index is 12.6. The van der Waals surface area contributed by atoms with Crippen molar-refractivity contribution >= 4 is 43.3 Å². The first-order valence-corrected chi connectivity index (χ1v) is 9.11. The van der Waals surface area contributed by atoms with Crippen LogP contribution in [0.4, 0.5) is 0 Å². The van der Waals surface area contributed by atoms with Crippen LogP contribution in [0.25, 0.3) is 0 Å². The summed E-state index contributed by atoms with van der Waals surface area (Å²) in [5.74, 6) is -1.14. The molecule has 0 radical (unpaired) electrons. The fourth-order valence-corrected chi connectivity index (χ4v) is 5.73. The number of aromatic carboxylic acids is 1. The van der Waals surface area contributed by atoms with Crippen molar-refractivity contribution < 1.29 is 23.1 Å². The smallest absolute Gasteiger partial charge is 0.345 e. The number of carboxylic acids is 1.